The maximum absolute atomic E-state index is 4.71. The molecule has 0 aliphatic carbocycles. The number of benzene rings is 2. The monoisotopic (exact) mass is 419 g/mol. The zero-order valence-electron chi connectivity index (χ0n) is 18.1. The Labute approximate surface area is 187 Å². The zero-order valence-corrected chi connectivity index (χ0v) is 18.1. The largest absolute Gasteiger partial charge is 0.369 e. The molecule has 3 aromatic heterocycles. The second-order valence-corrected chi connectivity index (χ2v) is 8.53. The molecule has 0 bridgehead atoms. The first-order chi connectivity index (χ1) is 15.8. The normalized spacial score (nSPS) is 15.0. The summed E-state index contributed by atoms with van der Waals surface area (Å²) in [6, 6.07) is 21.6. The van der Waals surface area contributed by atoms with Crippen molar-refractivity contribution in [2.75, 3.05) is 38.1 Å². The third-order valence-electron chi connectivity index (χ3n) is 6.53. The summed E-state index contributed by atoms with van der Waals surface area (Å²) in [5.74, 6) is 0. The molecule has 0 spiro atoms. The molecule has 5 aromatic rings. The second kappa shape index (κ2) is 7.77. The van der Waals surface area contributed by atoms with E-state index < -0.39 is 0 Å². The first-order valence-electron chi connectivity index (χ1n) is 11.1. The van der Waals surface area contributed by atoms with Gasteiger partial charge in [-0.2, -0.15) is 0 Å². The molecule has 0 atom stereocenters. The third kappa shape index (κ3) is 3.31. The van der Waals surface area contributed by atoms with Crippen LogP contribution in [0.5, 0.6) is 0 Å². The Bertz CT molecular complexity index is 1390. The summed E-state index contributed by atoms with van der Waals surface area (Å²) >= 11 is 0. The minimum atomic E-state index is 0.938. The highest BCUT2D eigenvalue weighted by atomic mass is 15.2. The lowest BCUT2D eigenvalue weighted by molar-refractivity contribution is 0.313. The van der Waals surface area contributed by atoms with Crippen molar-refractivity contribution in [3.63, 3.8) is 0 Å². The molecular formula is C27H25N5. The highest BCUT2D eigenvalue weighted by Gasteiger charge is 2.15. The number of fused-ring (bicyclic) bond motifs is 2. The first kappa shape index (κ1) is 19.0. The molecule has 6 rings (SSSR count). The SMILES string of the molecule is CN1CCN(c2ccc(-c3ccn4c(-c5cncc6ccccc56)cnc4c3)cc2)CC1. The number of piperazine rings is 1. The van der Waals surface area contributed by atoms with Gasteiger partial charge in [-0.3, -0.25) is 9.38 Å². The molecule has 0 unspecified atom stereocenters. The van der Waals surface area contributed by atoms with Crippen LogP contribution in [0.25, 0.3) is 38.8 Å². The highest BCUT2D eigenvalue weighted by molar-refractivity contribution is 5.95. The van der Waals surface area contributed by atoms with Crippen LogP contribution < -0.4 is 4.90 Å². The van der Waals surface area contributed by atoms with E-state index in [2.05, 4.69) is 87.0 Å². The molecule has 32 heavy (non-hydrogen) atoms. The van der Waals surface area contributed by atoms with E-state index in [0.717, 1.165) is 48.5 Å². The van der Waals surface area contributed by atoms with E-state index in [4.69, 9.17) is 4.98 Å². The summed E-state index contributed by atoms with van der Waals surface area (Å²) in [7, 11) is 2.19. The van der Waals surface area contributed by atoms with Crippen molar-refractivity contribution < 1.29 is 0 Å². The highest BCUT2D eigenvalue weighted by Crippen LogP contribution is 2.30. The van der Waals surface area contributed by atoms with Gasteiger partial charge in [0.05, 0.1) is 11.9 Å². The predicted octanol–water partition coefficient (Wildman–Crippen LogP) is 4.97. The van der Waals surface area contributed by atoms with Gasteiger partial charge in [0.15, 0.2) is 0 Å². The van der Waals surface area contributed by atoms with Gasteiger partial charge in [0.25, 0.3) is 0 Å². The Kier molecular flexibility index (Phi) is 4.62. The summed E-state index contributed by atoms with van der Waals surface area (Å²) in [5.41, 5.74) is 6.78. The standard InChI is InChI=1S/C27H25N5/c1-30-12-14-31(15-13-30)23-8-6-20(7-9-23)21-10-11-32-26(19-29-27(32)16-21)25-18-28-17-22-4-2-3-5-24(22)25/h2-11,16-19H,12-15H2,1H3. The molecule has 1 aliphatic heterocycles. The van der Waals surface area contributed by atoms with Crippen molar-refractivity contribution in [3.8, 4) is 22.4 Å². The van der Waals surface area contributed by atoms with E-state index in [-0.39, 0.29) is 0 Å². The summed E-state index contributed by atoms with van der Waals surface area (Å²) < 4.78 is 2.14. The second-order valence-electron chi connectivity index (χ2n) is 8.53. The lowest BCUT2D eigenvalue weighted by Gasteiger charge is -2.34. The summed E-state index contributed by atoms with van der Waals surface area (Å²) in [5, 5.41) is 2.32. The van der Waals surface area contributed by atoms with Crippen LogP contribution in [-0.4, -0.2) is 52.5 Å². The topological polar surface area (TPSA) is 36.7 Å². The molecular weight excluding hydrogens is 394 g/mol. The van der Waals surface area contributed by atoms with E-state index in [1.54, 1.807) is 0 Å². The number of likely N-dealkylation sites (N-methyl/N-ethyl adjacent to an activating group) is 1. The molecule has 0 radical (unpaired) electrons. The Morgan fingerprint density at radius 2 is 1.59 bits per heavy atom. The number of anilines is 1. The molecule has 0 amide bonds. The van der Waals surface area contributed by atoms with Gasteiger partial charge in [0.2, 0.25) is 0 Å². The summed E-state index contributed by atoms with van der Waals surface area (Å²) in [6.07, 6.45) is 7.89. The quantitative estimate of drug-likeness (QED) is 0.414. The van der Waals surface area contributed by atoms with Crippen LogP contribution in [-0.2, 0) is 0 Å². The molecule has 5 nitrogen and oxygen atoms in total. The Balaban J connectivity index is 1.33. The number of rotatable bonds is 3. The number of hydrogen-bond acceptors (Lipinski definition) is 4. The average molecular weight is 420 g/mol. The van der Waals surface area contributed by atoms with Crippen LogP contribution >= 0.6 is 0 Å². The van der Waals surface area contributed by atoms with Gasteiger partial charge in [0, 0.05) is 61.4 Å². The summed E-state index contributed by atoms with van der Waals surface area (Å²) in [6.45, 7) is 4.41. The van der Waals surface area contributed by atoms with Crippen molar-refractivity contribution in [3.05, 3.63) is 85.5 Å². The van der Waals surface area contributed by atoms with Crippen LogP contribution in [0.3, 0.4) is 0 Å². The minimum absolute atomic E-state index is 0.938. The number of imidazole rings is 1. The molecule has 2 aromatic carbocycles. The fourth-order valence-corrected chi connectivity index (χ4v) is 4.61. The Morgan fingerprint density at radius 1 is 0.781 bits per heavy atom. The number of pyridine rings is 2. The van der Waals surface area contributed by atoms with E-state index in [1.165, 1.54) is 22.2 Å². The van der Waals surface area contributed by atoms with Gasteiger partial charge < -0.3 is 9.80 Å². The van der Waals surface area contributed by atoms with Crippen LogP contribution in [0.4, 0.5) is 5.69 Å². The molecule has 1 fully saturated rings. The van der Waals surface area contributed by atoms with Crippen LogP contribution in [0, 0.1) is 0 Å². The van der Waals surface area contributed by atoms with Crippen molar-refractivity contribution >= 4 is 22.1 Å². The molecule has 158 valence electrons. The van der Waals surface area contributed by atoms with Crippen LogP contribution in [0.15, 0.2) is 85.5 Å². The van der Waals surface area contributed by atoms with Crippen molar-refractivity contribution in [1.29, 1.82) is 0 Å². The average Bonchev–Trinajstić information content (AvgIpc) is 3.27. The molecule has 0 N–H and O–H groups in total. The van der Waals surface area contributed by atoms with Gasteiger partial charge >= 0.3 is 0 Å². The lowest BCUT2D eigenvalue weighted by Crippen LogP contribution is -2.44. The number of hydrogen-bond donors (Lipinski definition) is 0. The number of aromatic nitrogens is 3. The fourth-order valence-electron chi connectivity index (χ4n) is 4.61. The van der Waals surface area contributed by atoms with Crippen LogP contribution in [0.2, 0.25) is 0 Å². The van der Waals surface area contributed by atoms with Gasteiger partial charge in [-0.1, -0.05) is 36.4 Å². The van der Waals surface area contributed by atoms with Gasteiger partial charge in [-0.25, -0.2) is 4.98 Å². The smallest absolute Gasteiger partial charge is 0.137 e. The predicted molar refractivity (Wildman–Crippen MR) is 131 cm³/mol. The molecule has 4 heterocycles. The number of nitrogens with zero attached hydrogens (tertiary/aromatic N) is 5. The molecule has 1 aliphatic rings. The van der Waals surface area contributed by atoms with E-state index >= 15 is 0 Å². The third-order valence-corrected chi connectivity index (χ3v) is 6.53. The van der Waals surface area contributed by atoms with E-state index in [9.17, 15) is 0 Å². The van der Waals surface area contributed by atoms with Gasteiger partial charge in [0.1, 0.15) is 5.65 Å². The van der Waals surface area contributed by atoms with Crippen LogP contribution in [0.1, 0.15) is 0 Å². The van der Waals surface area contributed by atoms with Gasteiger partial charge in [-0.05, 0) is 47.8 Å². The molecule has 1 saturated heterocycles. The fraction of sp³-hybridized carbons (Fsp3) is 0.185. The van der Waals surface area contributed by atoms with Crippen molar-refractivity contribution in [1.82, 2.24) is 19.3 Å². The van der Waals surface area contributed by atoms with E-state index in [1.807, 2.05) is 24.7 Å². The Morgan fingerprint density at radius 3 is 2.44 bits per heavy atom. The van der Waals surface area contributed by atoms with E-state index in [0.29, 0.717) is 0 Å². The zero-order chi connectivity index (χ0) is 21.5. The van der Waals surface area contributed by atoms with Gasteiger partial charge in [-0.15, -0.1) is 0 Å². The maximum Gasteiger partial charge on any atom is 0.137 e. The lowest BCUT2D eigenvalue weighted by atomic mass is 10.1. The first-order valence-corrected chi connectivity index (χ1v) is 11.1. The Hall–Kier alpha value is -3.70. The maximum atomic E-state index is 4.71. The van der Waals surface area contributed by atoms with Crippen molar-refractivity contribution in [2.45, 2.75) is 0 Å². The molecule has 5 heteroatoms. The van der Waals surface area contributed by atoms with Crippen molar-refractivity contribution in [2.24, 2.45) is 0 Å². The molecule has 0 saturated carbocycles. The summed E-state index contributed by atoms with van der Waals surface area (Å²) in [4.78, 5) is 14.0. The minimum Gasteiger partial charge on any atom is -0.369 e.